The summed E-state index contributed by atoms with van der Waals surface area (Å²) < 4.78 is 27.1. The SMILES string of the molecule is Cc1cccc(CN(C(=O)CN(c2ccc(Br)c(C)c2)S(C)(=O)=O)[C@@H](C)C(=O)NC(C)C)c1. The molecule has 9 heteroatoms. The van der Waals surface area contributed by atoms with Gasteiger partial charge in [-0.1, -0.05) is 45.8 Å². The molecule has 0 saturated carbocycles. The predicted octanol–water partition coefficient (Wildman–Crippen LogP) is 3.77. The number of hydrogen-bond acceptors (Lipinski definition) is 4. The van der Waals surface area contributed by atoms with Crippen LogP contribution in [-0.4, -0.2) is 50.0 Å². The van der Waals surface area contributed by atoms with Gasteiger partial charge in [-0.15, -0.1) is 0 Å². The molecule has 0 spiro atoms. The number of sulfonamides is 1. The van der Waals surface area contributed by atoms with Crippen LogP contribution in [0.15, 0.2) is 46.9 Å². The maximum absolute atomic E-state index is 13.5. The Labute approximate surface area is 205 Å². The minimum Gasteiger partial charge on any atom is -0.352 e. The molecule has 0 fully saturated rings. The van der Waals surface area contributed by atoms with Crippen LogP contribution < -0.4 is 9.62 Å². The highest BCUT2D eigenvalue weighted by Crippen LogP contribution is 2.25. The van der Waals surface area contributed by atoms with E-state index in [2.05, 4.69) is 21.2 Å². The standard InChI is InChI=1S/C24H32BrN3O4S/c1-16(2)26-24(30)19(5)27(14-20-9-7-8-17(3)12-20)23(29)15-28(33(6,31)32)21-10-11-22(25)18(4)13-21/h7-13,16,19H,14-15H2,1-6H3,(H,26,30)/t19-/m0/s1. The molecular weight excluding hydrogens is 506 g/mol. The topological polar surface area (TPSA) is 86.8 Å². The fourth-order valence-electron chi connectivity index (χ4n) is 3.39. The van der Waals surface area contributed by atoms with Crippen LogP contribution in [0.25, 0.3) is 0 Å². The molecule has 0 aliphatic heterocycles. The smallest absolute Gasteiger partial charge is 0.244 e. The van der Waals surface area contributed by atoms with Gasteiger partial charge in [0.15, 0.2) is 0 Å². The Morgan fingerprint density at radius 1 is 1.06 bits per heavy atom. The molecule has 0 bridgehead atoms. The highest BCUT2D eigenvalue weighted by molar-refractivity contribution is 9.10. The summed E-state index contributed by atoms with van der Waals surface area (Å²) in [6.45, 7) is 8.91. The molecule has 7 nitrogen and oxygen atoms in total. The van der Waals surface area contributed by atoms with E-state index in [-0.39, 0.29) is 18.5 Å². The molecule has 33 heavy (non-hydrogen) atoms. The third-order valence-electron chi connectivity index (χ3n) is 5.14. The Balaban J connectivity index is 2.41. The minimum atomic E-state index is -3.75. The number of carbonyl (C=O) groups is 2. The summed E-state index contributed by atoms with van der Waals surface area (Å²) in [6, 6.07) is 11.9. The summed E-state index contributed by atoms with van der Waals surface area (Å²) in [5.41, 5.74) is 3.12. The molecule has 2 amide bonds. The summed E-state index contributed by atoms with van der Waals surface area (Å²) >= 11 is 3.41. The zero-order valence-electron chi connectivity index (χ0n) is 19.9. The van der Waals surface area contributed by atoms with E-state index in [9.17, 15) is 18.0 Å². The van der Waals surface area contributed by atoms with Crippen LogP contribution in [0.4, 0.5) is 5.69 Å². The van der Waals surface area contributed by atoms with Crippen molar-refractivity contribution in [1.82, 2.24) is 10.2 Å². The molecule has 0 radical (unpaired) electrons. The lowest BCUT2D eigenvalue weighted by molar-refractivity contribution is -0.139. The first-order valence-corrected chi connectivity index (χ1v) is 13.3. The Kier molecular flexibility index (Phi) is 9.08. The molecule has 2 rings (SSSR count). The number of rotatable bonds is 9. The molecule has 0 heterocycles. The highest BCUT2D eigenvalue weighted by Gasteiger charge is 2.30. The first-order chi connectivity index (χ1) is 15.3. The van der Waals surface area contributed by atoms with E-state index in [1.54, 1.807) is 25.1 Å². The van der Waals surface area contributed by atoms with E-state index in [1.807, 2.05) is 52.0 Å². The van der Waals surface area contributed by atoms with Crippen molar-refractivity contribution in [3.63, 3.8) is 0 Å². The van der Waals surface area contributed by atoms with E-state index in [1.165, 1.54) is 4.90 Å². The third kappa shape index (κ3) is 7.57. The zero-order chi connectivity index (χ0) is 24.9. The van der Waals surface area contributed by atoms with E-state index < -0.39 is 28.5 Å². The van der Waals surface area contributed by atoms with Gasteiger partial charge < -0.3 is 10.2 Å². The van der Waals surface area contributed by atoms with Crippen molar-refractivity contribution < 1.29 is 18.0 Å². The van der Waals surface area contributed by atoms with Crippen molar-refractivity contribution in [2.24, 2.45) is 0 Å². The van der Waals surface area contributed by atoms with Crippen molar-refractivity contribution in [3.05, 3.63) is 63.6 Å². The molecule has 2 aromatic carbocycles. The van der Waals surface area contributed by atoms with Gasteiger partial charge in [0.25, 0.3) is 0 Å². The first kappa shape index (κ1) is 26.9. The van der Waals surface area contributed by atoms with Gasteiger partial charge in [0.1, 0.15) is 12.6 Å². The quantitative estimate of drug-likeness (QED) is 0.527. The molecule has 0 saturated heterocycles. The van der Waals surface area contributed by atoms with Crippen molar-refractivity contribution >= 4 is 43.5 Å². The van der Waals surface area contributed by atoms with E-state index in [0.717, 1.165) is 31.7 Å². The van der Waals surface area contributed by atoms with Crippen molar-refractivity contribution in [2.75, 3.05) is 17.1 Å². The number of amides is 2. The van der Waals surface area contributed by atoms with Crippen LogP contribution in [-0.2, 0) is 26.2 Å². The zero-order valence-corrected chi connectivity index (χ0v) is 22.3. The summed E-state index contributed by atoms with van der Waals surface area (Å²) in [5, 5.41) is 2.83. The molecule has 1 atom stereocenters. The van der Waals surface area contributed by atoms with Crippen molar-refractivity contribution in [3.8, 4) is 0 Å². The maximum atomic E-state index is 13.5. The fraction of sp³-hybridized carbons (Fsp3) is 0.417. The molecule has 0 aliphatic rings. The predicted molar refractivity (Wildman–Crippen MR) is 136 cm³/mol. The number of halogens is 1. The molecule has 2 aromatic rings. The second-order valence-electron chi connectivity index (χ2n) is 8.55. The van der Waals surface area contributed by atoms with Crippen LogP contribution in [0.1, 0.15) is 37.5 Å². The van der Waals surface area contributed by atoms with Gasteiger partial charge in [-0.25, -0.2) is 8.42 Å². The summed E-state index contributed by atoms with van der Waals surface area (Å²) in [6.07, 6.45) is 1.07. The Hall–Kier alpha value is -2.39. The number of nitrogens with zero attached hydrogens (tertiary/aromatic N) is 2. The summed E-state index contributed by atoms with van der Waals surface area (Å²) in [5.74, 6) is -0.759. The molecule has 1 N–H and O–H groups in total. The molecule has 0 aliphatic carbocycles. The van der Waals surface area contributed by atoms with Gasteiger partial charge in [-0.2, -0.15) is 0 Å². The van der Waals surface area contributed by atoms with Gasteiger partial charge in [0.2, 0.25) is 21.8 Å². The number of aryl methyl sites for hydroxylation is 2. The van der Waals surface area contributed by atoms with Gasteiger partial charge >= 0.3 is 0 Å². The van der Waals surface area contributed by atoms with E-state index in [4.69, 9.17) is 0 Å². The summed E-state index contributed by atoms with van der Waals surface area (Å²) in [7, 11) is -3.75. The van der Waals surface area contributed by atoms with Crippen LogP contribution in [0.3, 0.4) is 0 Å². The van der Waals surface area contributed by atoms with Crippen LogP contribution in [0.2, 0.25) is 0 Å². The Morgan fingerprint density at radius 2 is 1.73 bits per heavy atom. The van der Waals surface area contributed by atoms with E-state index >= 15 is 0 Å². The molecule has 0 unspecified atom stereocenters. The number of anilines is 1. The van der Waals surface area contributed by atoms with E-state index in [0.29, 0.717) is 5.69 Å². The molecular formula is C24H32BrN3O4S. The molecule has 180 valence electrons. The van der Waals surface area contributed by atoms with Gasteiger partial charge in [0.05, 0.1) is 11.9 Å². The maximum Gasteiger partial charge on any atom is 0.244 e. The van der Waals surface area contributed by atoms with Crippen molar-refractivity contribution in [2.45, 2.75) is 53.2 Å². The monoisotopic (exact) mass is 537 g/mol. The lowest BCUT2D eigenvalue weighted by Crippen LogP contribution is -2.52. The lowest BCUT2D eigenvalue weighted by atomic mass is 10.1. The van der Waals surface area contributed by atoms with Gasteiger partial charge in [-0.05, 0) is 63.9 Å². The third-order valence-corrected chi connectivity index (χ3v) is 7.17. The van der Waals surface area contributed by atoms with Gasteiger partial charge in [-0.3, -0.25) is 13.9 Å². The number of nitrogens with one attached hydrogen (secondary N) is 1. The van der Waals surface area contributed by atoms with Gasteiger partial charge in [0, 0.05) is 17.1 Å². The average Bonchev–Trinajstić information content (AvgIpc) is 2.70. The number of hydrogen-bond donors (Lipinski definition) is 1. The van der Waals surface area contributed by atoms with Crippen LogP contribution in [0.5, 0.6) is 0 Å². The highest BCUT2D eigenvalue weighted by atomic mass is 79.9. The normalized spacial score (nSPS) is 12.4. The van der Waals surface area contributed by atoms with Crippen LogP contribution in [0, 0.1) is 13.8 Å². The Morgan fingerprint density at radius 3 is 2.27 bits per heavy atom. The van der Waals surface area contributed by atoms with Crippen molar-refractivity contribution in [1.29, 1.82) is 0 Å². The largest absolute Gasteiger partial charge is 0.352 e. The lowest BCUT2D eigenvalue weighted by Gasteiger charge is -2.32. The average molecular weight is 539 g/mol. The number of carbonyl (C=O) groups excluding carboxylic acids is 2. The van der Waals surface area contributed by atoms with Crippen LogP contribution >= 0.6 is 15.9 Å². The first-order valence-electron chi connectivity index (χ1n) is 10.7. The second kappa shape index (κ2) is 11.2. The summed E-state index contributed by atoms with van der Waals surface area (Å²) in [4.78, 5) is 27.7. The minimum absolute atomic E-state index is 0.0888. The Bertz CT molecular complexity index is 1120. The second-order valence-corrected chi connectivity index (χ2v) is 11.3. The fourth-order valence-corrected chi connectivity index (χ4v) is 4.48. The number of benzene rings is 2. The molecule has 0 aromatic heterocycles.